The average molecular weight is 397 g/mol. The van der Waals surface area contributed by atoms with Crippen molar-refractivity contribution in [2.24, 2.45) is 0 Å². The summed E-state index contributed by atoms with van der Waals surface area (Å²) in [6, 6.07) is 0. The van der Waals surface area contributed by atoms with Gasteiger partial charge in [0.2, 0.25) is 0 Å². The minimum atomic E-state index is 0. The lowest BCUT2D eigenvalue weighted by Gasteiger charge is -2.37. The van der Waals surface area contributed by atoms with Crippen molar-refractivity contribution in [3.05, 3.63) is 0 Å². The molecule has 0 fully saturated rings. The molecule has 0 rings (SSSR count). The van der Waals surface area contributed by atoms with Gasteiger partial charge in [-0.3, -0.25) is 0 Å². The monoisotopic (exact) mass is 397 g/mol. The molecule has 124 valence electrons. The number of hydrogen-bond acceptors (Lipinski definition) is 0. The Morgan fingerprint density at radius 3 is 1.15 bits per heavy atom. The molecule has 0 aliphatic rings. The summed E-state index contributed by atoms with van der Waals surface area (Å²) < 4.78 is 1.37. The van der Waals surface area contributed by atoms with Crippen molar-refractivity contribution in [2.45, 2.75) is 91.9 Å². The fourth-order valence-electron chi connectivity index (χ4n) is 3.07. The topological polar surface area (TPSA) is 0 Å². The highest BCUT2D eigenvalue weighted by molar-refractivity contribution is 4.48. The zero-order valence-electron chi connectivity index (χ0n) is 14.7. The van der Waals surface area contributed by atoms with Gasteiger partial charge in [0, 0.05) is 0 Å². The number of halogens is 1. The summed E-state index contributed by atoms with van der Waals surface area (Å²) >= 11 is 0. The maximum atomic E-state index is 2.39. The molecular formula is C18H40IN. The number of rotatable bonds is 14. The van der Waals surface area contributed by atoms with Crippen LogP contribution in [0.25, 0.3) is 0 Å². The summed E-state index contributed by atoms with van der Waals surface area (Å²) in [5.74, 6) is 0. The minimum Gasteiger partial charge on any atom is -1.00 e. The molecule has 0 saturated heterocycles. The van der Waals surface area contributed by atoms with Crippen LogP contribution in [0.4, 0.5) is 0 Å². The predicted molar refractivity (Wildman–Crippen MR) is 88.6 cm³/mol. The van der Waals surface area contributed by atoms with Gasteiger partial charge in [-0.1, -0.05) is 52.4 Å². The summed E-state index contributed by atoms with van der Waals surface area (Å²) in [7, 11) is 0. The summed E-state index contributed by atoms with van der Waals surface area (Å²) in [6.45, 7) is 14.9. The Labute approximate surface area is 146 Å². The molecule has 0 unspecified atom stereocenters. The third-order valence-corrected chi connectivity index (χ3v) is 4.81. The highest BCUT2D eigenvalue weighted by Crippen LogP contribution is 2.14. The molecule has 0 saturated carbocycles. The highest BCUT2D eigenvalue weighted by atomic mass is 127. The van der Waals surface area contributed by atoms with Crippen LogP contribution in [0.5, 0.6) is 0 Å². The Morgan fingerprint density at radius 1 is 0.500 bits per heavy atom. The normalized spacial score (nSPS) is 11.4. The summed E-state index contributed by atoms with van der Waals surface area (Å²) in [4.78, 5) is 0. The van der Waals surface area contributed by atoms with Gasteiger partial charge in [0.25, 0.3) is 0 Å². The Hall–Kier alpha value is 0.690. The van der Waals surface area contributed by atoms with Crippen LogP contribution in [0, 0.1) is 0 Å². The first-order chi connectivity index (χ1) is 9.24. The number of quaternary nitrogens is 1. The molecule has 0 aromatic rings. The second-order valence-corrected chi connectivity index (χ2v) is 6.25. The van der Waals surface area contributed by atoms with Crippen LogP contribution in [0.3, 0.4) is 0 Å². The standard InChI is InChI=1S/C18H40N.HI/c1-5-9-11-13-15-17-19(7-3,8-4)18-16-14-12-10-6-2;/h5-18H2,1-4H3;1H/q+1;/p-1. The van der Waals surface area contributed by atoms with E-state index in [4.69, 9.17) is 0 Å². The predicted octanol–water partition coefficient (Wildman–Crippen LogP) is 2.79. The van der Waals surface area contributed by atoms with E-state index >= 15 is 0 Å². The van der Waals surface area contributed by atoms with Crippen molar-refractivity contribution in [1.29, 1.82) is 0 Å². The average Bonchev–Trinajstić information content (AvgIpc) is 2.45. The van der Waals surface area contributed by atoms with Crippen molar-refractivity contribution >= 4 is 0 Å². The van der Waals surface area contributed by atoms with Gasteiger partial charge in [-0.2, -0.15) is 0 Å². The number of nitrogens with zero attached hydrogens (tertiary/aromatic N) is 1. The van der Waals surface area contributed by atoms with Crippen LogP contribution >= 0.6 is 0 Å². The Balaban J connectivity index is 0. The molecule has 0 radical (unpaired) electrons. The van der Waals surface area contributed by atoms with Crippen molar-refractivity contribution in [1.82, 2.24) is 0 Å². The van der Waals surface area contributed by atoms with Gasteiger partial charge in [-0.05, 0) is 39.5 Å². The number of unbranched alkanes of at least 4 members (excludes halogenated alkanes) is 8. The maximum absolute atomic E-state index is 2.39. The fraction of sp³-hybridized carbons (Fsp3) is 1.00. The first-order valence-electron chi connectivity index (χ1n) is 9.09. The van der Waals surface area contributed by atoms with E-state index in [-0.39, 0.29) is 24.0 Å². The molecule has 0 spiro atoms. The lowest BCUT2D eigenvalue weighted by atomic mass is 10.1. The lowest BCUT2D eigenvalue weighted by Crippen LogP contribution is -3.00. The van der Waals surface area contributed by atoms with Crippen LogP contribution in [0.2, 0.25) is 0 Å². The molecule has 0 aromatic carbocycles. The van der Waals surface area contributed by atoms with Crippen LogP contribution in [-0.2, 0) is 0 Å². The second-order valence-electron chi connectivity index (χ2n) is 6.25. The quantitative estimate of drug-likeness (QED) is 0.240. The Bertz CT molecular complexity index is 162. The van der Waals surface area contributed by atoms with Crippen LogP contribution < -0.4 is 24.0 Å². The summed E-state index contributed by atoms with van der Waals surface area (Å²) in [5.41, 5.74) is 0. The maximum Gasteiger partial charge on any atom is 0.0786 e. The molecule has 0 atom stereocenters. The van der Waals surface area contributed by atoms with E-state index in [2.05, 4.69) is 27.7 Å². The summed E-state index contributed by atoms with van der Waals surface area (Å²) in [6.07, 6.45) is 14.2. The Morgan fingerprint density at radius 2 is 0.850 bits per heavy atom. The van der Waals surface area contributed by atoms with Crippen LogP contribution in [-0.4, -0.2) is 30.7 Å². The zero-order chi connectivity index (χ0) is 14.4. The number of hydrogen-bond donors (Lipinski definition) is 0. The SMILES string of the molecule is CCCCCCC[N+](CC)(CC)CCCCCCC.[I-]. The van der Waals surface area contributed by atoms with Crippen molar-refractivity contribution in [2.75, 3.05) is 26.2 Å². The van der Waals surface area contributed by atoms with Crippen molar-refractivity contribution in [3.8, 4) is 0 Å². The lowest BCUT2D eigenvalue weighted by molar-refractivity contribution is -0.925. The fourth-order valence-corrected chi connectivity index (χ4v) is 3.07. The molecular weight excluding hydrogens is 357 g/mol. The molecule has 0 aromatic heterocycles. The molecule has 1 nitrogen and oxygen atoms in total. The molecule has 0 amide bonds. The second kappa shape index (κ2) is 16.1. The summed E-state index contributed by atoms with van der Waals surface area (Å²) in [5, 5.41) is 0. The first-order valence-corrected chi connectivity index (χ1v) is 9.09. The molecule has 0 aliphatic heterocycles. The third-order valence-electron chi connectivity index (χ3n) is 4.81. The van der Waals surface area contributed by atoms with E-state index < -0.39 is 0 Å². The molecule has 2 heteroatoms. The van der Waals surface area contributed by atoms with Crippen molar-refractivity contribution in [3.63, 3.8) is 0 Å². The highest BCUT2D eigenvalue weighted by Gasteiger charge is 2.21. The van der Waals surface area contributed by atoms with Gasteiger partial charge in [0.05, 0.1) is 26.2 Å². The van der Waals surface area contributed by atoms with Crippen LogP contribution in [0.15, 0.2) is 0 Å². The van der Waals surface area contributed by atoms with Gasteiger partial charge >= 0.3 is 0 Å². The van der Waals surface area contributed by atoms with Gasteiger partial charge < -0.3 is 28.5 Å². The minimum absolute atomic E-state index is 0. The van der Waals surface area contributed by atoms with E-state index in [9.17, 15) is 0 Å². The molecule has 0 aliphatic carbocycles. The molecule has 20 heavy (non-hydrogen) atoms. The first kappa shape index (κ1) is 23.0. The molecule has 0 N–H and O–H groups in total. The van der Waals surface area contributed by atoms with Crippen LogP contribution in [0.1, 0.15) is 91.9 Å². The van der Waals surface area contributed by atoms with Gasteiger partial charge in [0.1, 0.15) is 0 Å². The van der Waals surface area contributed by atoms with Gasteiger partial charge in [-0.15, -0.1) is 0 Å². The van der Waals surface area contributed by atoms with E-state index in [0.29, 0.717) is 0 Å². The molecule has 0 heterocycles. The van der Waals surface area contributed by atoms with Crippen molar-refractivity contribution < 1.29 is 28.5 Å². The third kappa shape index (κ3) is 11.4. The van der Waals surface area contributed by atoms with E-state index in [0.717, 1.165) is 0 Å². The smallest absolute Gasteiger partial charge is 0.0786 e. The molecule has 0 bridgehead atoms. The Kier molecular flexibility index (Phi) is 18.4. The van der Waals surface area contributed by atoms with E-state index in [1.54, 1.807) is 0 Å². The largest absolute Gasteiger partial charge is 1.00 e. The van der Waals surface area contributed by atoms with Gasteiger partial charge in [0.15, 0.2) is 0 Å². The van der Waals surface area contributed by atoms with E-state index in [1.165, 1.54) is 94.9 Å². The zero-order valence-corrected chi connectivity index (χ0v) is 16.9. The van der Waals surface area contributed by atoms with Gasteiger partial charge in [-0.25, -0.2) is 0 Å². The van der Waals surface area contributed by atoms with E-state index in [1.807, 2.05) is 0 Å².